The molecule has 1 N–H and O–H groups in total. The Hall–Kier alpha value is -2.14. The average molecular weight is 271 g/mol. The molecule has 0 saturated heterocycles. The first-order chi connectivity index (χ1) is 9.72. The fourth-order valence-electron chi connectivity index (χ4n) is 2.79. The van der Waals surface area contributed by atoms with Crippen LogP contribution >= 0.6 is 0 Å². The van der Waals surface area contributed by atoms with Crippen molar-refractivity contribution in [2.24, 2.45) is 0 Å². The van der Waals surface area contributed by atoms with Gasteiger partial charge in [-0.2, -0.15) is 5.10 Å². The molecule has 1 aliphatic rings. The Kier molecular flexibility index (Phi) is 3.28. The summed E-state index contributed by atoms with van der Waals surface area (Å²) in [6.45, 7) is 3.18. The fraction of sp³-hybridized carbons (Fsp3) is 0.333. The van der Waals surface area contributed by atoms with Crippen LogP contribution in [0.2, 0.25) is 0 Å². The number of ether oxygens (including phenoxy) is 1. The van der Waals surface area contributed by atoms with E-state index in [4.69, 9.17) is 4.74 Å². The topological polar surface area (TPSA) is 58.2 Å². The molecular weight excluding hydrogens is 254 g/mol. The minimum Gasteiger partial charge on any atom is -0.382 e. The number of rotatable bonds is 3. The molecule has 0 fully saturated rings. The van der Waals surface area contributed by atoms with Crippen LogP contribution in [0.15, 0.2) is 35.3 Å². The number of H-pyrrole nitrogens is 1. The maximum atomic E-state index is 11.8. The van der Waals surface area contributed by atoms with Crippen molar-refractivity contribution < 1.29 is 4.74 Å². The highest BCUT2D eigenvalue weighted by molar-refractivity contribution is 5.57. The monoisotopic (exact) mass is 271 g/mol. The molecule has 1 aromatic carbocycles. The van der Waals surface area contributed by atoms with Gasteiger partial charge in [0.1, 0.15) is 0 Å². The summed E-state index contributed by atoms with van der Waals surface area (Å²) in [6.07, 6.45) is 1.71. The van der Waals surface area contributed by atoms with Crippen molar-refractivity contribution in [1.82, 2.24) is 10.2 Å². The molecule has 0 aliphatic carbocycles. The van der Waals surface area contributed by atoms with E-state index in [1.54, 1.807) is 13.3 Å². The average Bonchev–Trinajstić information content (AvgIpc) is 2.81. The lowest BCUT2D eigenvalue weighted by molar-refractivity contribution is 0.179. The lowest BCUT2D eigenvalue weighted by Gasteiger charge is -2.27. The maximum Gasteiger partial charge on any atom is 0.269 e. The van der Waals surface area contributed by atoms with E-state index in [0.717, 1.165) is 12.2 Å². The van der Waals surface area contributed by atoms with Crippen molar-refractivity contribution in [1.29, 1.82) is 0 Å². The van der Waals surface area contributed by atoms with Gasteiger partial charge in [-0.1, -0.05) is 24.3 Å². The van der Waals surface area contributed by atoms with Crippen LogP contribution < -0.4 is 10.5 Å². The summed E-state index contributed by atoms with van der Waals surface area (Å²) in [7, 11) is 1.70. The van der Waals surface area contributed by atoms with Crippen LogP contribution in [0.5, 0.6) is 0 Å². The number of anilines is 1. The molecule has 0 spiro atoms. The quantitative estimate of drug-likeness (QED) is 0.924. The number of aromatic nitrogens is 2. The van der Waals surface area contributed by atoms with Gasteiger partial charge in [0.2, 0.25) is 0 Å². The molecule has 0 radical (unpaired) electrons. The molecule has 0 amide bonds. The number of methoxy groups -OCH3 is 1. The number of nitrogens with zero attached hydrogens (tertiary/aromatic N) is 2. The normalized spacial score (nSPS) is 17.3. The van der Waals surface area contributed by atoms with Gasteiger partial charge in [0, 0.05) is 19.2 Å². The highest BCUT2D eigenvalue weighted by atomic mass is 16.5. The summed E-state index contributed by atoms with van der Waals surface area (Å²) in [5.41, 5.74) is 3.94. The minimum atomic E-state index is -0.144. The predicted molar refractivity (Wildman–Crippen MR) is 76.8 cm³/mol. The smallest absolute Gasteiger partial charge is 0.269 e. The lowest BCUT2D eigenvalue weighted by atomic mass is 10.1. The third-order valence-electron chi connectivity index (χ3n) is 3.84. The summed E-state index contributed by atoms with van der Waals surface area (Å²) in [6, 6.07) is 8.44. The number of aromatic amines is 1. The molecule has 2 aromatic rings. The zero-order valence-corrected chi connectivity index (χ0v) is 11.6. The first-order valence-electron chi connectivity index (χ1n) is 6.60. The van der Waals surface area contributed by atoms with Crippen molar-refractivity contribution in [3.63, 3.8) is 0 Å². The van der Waals surface area contributed by atoms with Crippen LogP contribution in [0, 0.1) is 6.92 Å². The molecule has 20 heavy (non-hydrogen) atoms. The standard InChI is InChI=1S/C15H17N3O2/c1-10-13(7-16-17-15(10)19)18-8-11-5-3-4-6-12(11)14(18)9-20-2/h3-7,14H,8-9H2,1-2H3,(H,17,19). The van der Waals surface area contributed by atoms with Gasteiger partial charge in [-0.3, -0.25) is 4.79 Å². The summed E-state index contributed by atoms with van der Waals surface area (Å²) in [5, 5.41) is 6.39. The highest BCUT2D eigenvalue weighted by Crippen LogP contribution is 2.37. The molecule has 1 aliphatic heterocycles. The Balaban J connectivity index is 2.06. The summed E-state index contributed by atoms with van der Waals surface area (Å²) < 4.78 is 5.36. The van der Waals surface area contributed by atoms with Gasteiger partial charge in [0.25, 0.3) is 5.56 Å². The van der Waals surface area contributed by atoms with E-state index in [-0.39, 0.29) is 11.6 Å². The molecule has 0 saturated carbocycles. The summed E-state index contributed by atoms with van der Waals surface area (Å²) in [4.78, 5) is 13.9. The third-order valence-corrected chi connectivity index (χ3v) is 3.84. The first-order valence-corrected chi connectivity index (χ1v) is 6.60. The predicted octanol–water partition coefficient (Wildman–Crippen LogP) is 1.79. The Morgan fingerprint density at radius 1 is 1.45 bits per heavy atom. The van der Waals surface area contributed by atoms with Crippen LogP contribution in [0.1, 0.15) is 22.7 Å². The molecule has 2 heterocycles. The second-order valence-electron chi connectivity index (χ2n) is 5.01. The molecule has 1 unspecified atom stereocenters. The largest absolute Gasteiger partial charge is 0.382 e. The van der Waals surface area contributed by atoms with Gasteiger partial charge < -0.3 is 9.64 Å². The van der Waals surface area contributed by atoms with E-state index in [1.165, 1.54) is 11.1 Å². The summed E-state index contributed by atoms with van der Waals surface area (Å²) in [5.74, 6) is 0. The van der Waals surface area contributed by atoms with Crippen LogP contribution in [0.4, 0.5) is 5.69 Å². The molecular formula is C15H17N3O2. The third kappa shape index (κ3) is 2.00. The van der Waals surface area contributed by atoms with Crippen LogP contribution in [-0.2, 0) is 11.3 Å². The zero-order valence-electron chi connectivity index (χ0n) is 11.6. The number of nitrogens with one attached hydrogen (secondary N) is 1. The van der Waals surface area contributed by atoms with Crippen molar-refractivity contribution in [3.8, 4) is 0 Å². The molecule has 1 atom stereocenters. The number of hydrogen-bond acceptors (Lipinski definition) is 4. The van der Waals surface area contributed by atoms with Crippen molar-refractivity contribution in [2.45, 2.75) is 19.5 Å². The van der Waals surface area contributed by atoms with E-state index < -0.39 is 0 Å². The van der Waals surface area contributed by atoms with E-state index >= 15 is 0 Å². The van der Waals surface area contributed by atoms with Crippen molar-refractivity contribution >= 4 is 5.69 Å². The second-order valence-corrected chi connectivity index (χ2v) is 5.01. The van der Waals surface area contributed by atoms with Gasteiger partial charge in [0.15, 0.2) is 0 Å². The zero-order chi connectivity index (χ0) is 14.1. The van der Waals surface area contributed by atoms with Gasteiger partial charge in [0.05, 0.1) is 24.5 Å². The number of fused-ring (bicyclic) bond motifs is 1. The Labute approximate surface area is 117 Å². The maximum absolute atomic E-state index is 11.8. The molecule has 1 aromatic heterocycles. The molecule has 3 rings (SSSR count). The van der Waals surface area contributed by atoms with Crippen LogP contribution in [0.3, 0.4) is 0 Å². The van der Waals surface area contributed by atoms with E-state index in [9.17, 15) is 4.79 Å². The first kappa shape index (κ1) is 12.9. The number of benzene rings is 1. The van der Waals surface area contributed by atoms with Crippen molar-refractivity contribution in [3.05, 3.63) is 57.5 Å². The van der Waals surface area contributed by atoms with E-state index in [2.05, 4.69) is 27.2 Å². The van der Waals surface area contributed by atoms with Gasteiger partial charge >= 0.3 is 0 Å². The minimum absolute atomic E-state index is 0.124. The molecule has 0 bridgehead atoms. The second kappa shape index (κ2) is 5.09. The Morgan fingerprint density at radius 2 is 2.25 bits per heavy atom. The van der Waals surface area contributed by atoms with Crippen molar-refractivity contribution in [2.75, 3.05) is 18.6 Å². The van der Waals surface area contributed by atoms with Gasteiger partial charge in [-0.15, -0.1) is 0 Å². The Morgan fingerprint density at radius 3 is 3.05 bits per heavy atom. The number of hydrogen-bond donors (Lipinski definition) is 1. The van der Waals surface area contributed by atoms with E-state index in [0.29, 0.717) is 12.2 Å². The SMILES string of the molecule is COCC1c2ccccc2CN1c1cn[nH]c(=O)c1C. The van der Waals surface area contributed by atoms with Crippen LogP contribution in [0.25, 0.3) is 0 Å². The Bertz CT molecular complexity index is 681. The summed E-state index contributed by atoms with van der Waals surface area (Å²) >= 11 is 0. The van der Waals surface area contributed by atoms with Gasteiger partial charge in [-0.05, 0) is 18.1 Å². The van der Waals surface area contributed by atoms with Gasteiger partial charge in [-0.25, -0.2) is 5.10 Å². The highest BCUT2D eigenvalue weighted by Gasteiger charge is 2.31. The van der Waals surface area contributed by atoms with E-state index in [1.807, 2.05) is 19.1 Å². The lowest BCUT2D eigenvalue weighted by Crippen LogP contribution is -2.28. The molecule has 104 valence electrons. The van der Waals surface area contributed by atoms with Crippen LogP contribution in [-0.4, -0.2) is 23.9 Å². The fourth-order valence-corrected chi connectivity index (χ4v) is 2.79. The molecule has 5 heteroatoms. The molecule has 5 nitrogen and oxygen atoms in total.